The fourth-order valence-electron chi connectivity index (χ4n) is 3.49. The van der Waals surface area contributed by atoms with Gasteiger partial charge >= 0.3 is 0 Å². The number of aromatic nitrogens is 3. The SMILES string of the molecule is COc1ccc([C@@H](C)Nc2ncnc3c2CN(c2ccc(C)cn2)CC3)cc1. The van der Waals surface area contributed by atoms with Gasteiger partial charge in [-0.05, 0) is 43.2 Å². The molecule has 3 aromatic rings. The number of rotatable bonds is 5. The number of aryl methyl sites for hydroxylation is 1. The van der Waals surface area contributed by atoms with Crippen LogP contribution in [0.25, 0.3) is 0 Å². The number of hydrogen-bond donors (Lipinski definition) is 1. The molecule has 144 valence electrons. The van der Waals surface area contributed by atoms with Gasteiger partial charge in [0.2, 0.25) is 0 Å². The second-order valence-electron chi connectivity index (χ2n) is 7.15. The summed E-state index contributed by atoms with van der Waals surface area (Å²) in [5.41, 5.74) is 4.61. The molecule has 1 atom stereocenters. The van der Waals surface area contributed by atoms with E-state index in [1.165, 1.54) is 11.1 Å². The fourth-order valence-corrected chi connectivity index (χ4v) is 3.49. The first-order valence-corrected chi connectivity index (χ1v) is 9.55. The summed E-state index contributed by atoms with van der Waals surface area (Å²) in [7, 11) is 1.68. The molecule has 0 fully saturated rings. The average Bonchev–Trinajstić information content (AvgIpc) is 2.74. The van der Waals surface area contributed by atoms with Crippen LogP contribution in [0.4, 0.5) is 11.6 Å². The van der Waals surface area contributed by atoms with Gasteiger partial charge in [0.1, 0.15) is 23.7 Å². The number of methoxy groups -OCH3 is 1. The highest BCUT2D eigenvalue weighted by Gasteiger charge is 2.22. The number of nitrogens with one attached hydrogen (secondary N) is 1. The minimum Gasteiger partial charge on any atom is -0.497 e. The lowest BCUT2D eigenvalue weighted by atomic mass is 10.0. The average molecular weight is 375 g/mol. The first-order chi connectivity index (χ1) is 13.6. The molecular formula is C22H25N5O. The highest BCUT2D eigenvalue weighted by molar-refractivity contribution is 5.53. The molecule has 4 rings (SSSR count). The Balaban J connectivity index is 1.55. The van der Waals surface area contributed by atoms with Crippen molar-refractivity contribution in [1.29, 1.82) is 0 Å². The quantitative estimate of drug-likeness (QED) is 0.729. The van der Waals surface area contributed by atoms with Gasteiger partial charge in [-0.15, -0.1) is 0 Å². The summed E-state index contributed by atoms with van der Waals surface area (Å²) >= 11 is 0. The van der Waals surface area contributed by atoms with Crippen LogP contribution in [0.2, 0.25) is 0 Å². The van der Waals surface area contributed by atoms with Crippen LogP contribution in [0.3, 0.4) is 0 Å². The number of pyridine rings is 1. The molecule has 0 radical (unpaired) electrons. The van der Waals surface area contributed by atoms with Gasteiger partial charge in [0, 0.05) is 37.3 Å². The lowest BCUT2D eigenvalue weighted by molar-refractivity contribution is 0.414. The second-order valence-corrected chi connectivity index (χ2v) is 7.15. The molecule has 6 nitrogen and oxygen atoms in total. The van der Waals surface area contributed by atoms with Gasteiger partial charge in [0.15, 0.2) is 0 Å². The molecule has 0 unspecified atom stereocenters. The van der Waals surface area contributed by atoms with Crippen LogP contribution < -0.4 is 15.0 Å². The summed E-state index contributed by atoms with van der Waals surface area (Å²) < 4.78 is 5.25. The second kappa shape index (κ2) is 7.84. The highest BCUT2D eigenvalue weighted by atomic mass is 16.5. The molecule has 1 aliphatic rings. The monoisotopic (exact) mass is 375 g/mol. The topological polar surface area (TPSA) is 63.2 Å². The molecule has 1 aromatic carbocycles. The Hall–Kier alpha value is -3.15. The summed E-state index contributed by atoms with van der Waals surface area (Å²) in [6.07, 6.45) is 4.46. The van der Waals surface area contributed by atoms with Crippen LogP contribution in [0, 0.1) is 6.92 Å². The third-order valence-electron chi connectivity index (χ3n) is 5.19. The summed E-state index contributed by atoms with van der Waals surface area (Å²) in [5, 5.41) is 3.57. The maximum Gasteiger partial charge on any atom is 0.135 e. The standard InChI is InChI=1S/C22H25N5O/c1-15-4-9-21(23-12-15)27-11-10-20-19(13-27)22(25-14-24-20)26-16(2)17-5-7-18(28-3)8-6-17/h4-9,12,14,16H,10-11,13H2,1-3H3,(H,24,25,26)/t16-/m1/s1. The van der Waals surface area contributed by atoms with E-state index in [0.717, 1.165) is 48.2 Å². The predicted octanol–water partition coefficient (Wildman–Crippen LogP) is 3.92. The van der Waals surface area contributed by atoms with Crippen molar-refractivity contribution in [2.24, 2.45) is 0 Å². The highest BCUT2D eigenvalue weighted by Crippen LogP contribution is 2.28. The zero-order valence-corrected chi connectivity index (χ0v) is 16.5. The predicted molar refractivity (Wildman–Crippen MR) is 111 cm³/mol. The van der Waals surface area contributed by atoms with Crippen LogP contribution in [0.5, 0.6) is 5.75 Å². The molecule has 28 heavy (non-hydrogen) atoms. The van der Waals surface area contributed by atoms with Crippen molar-refractivity contribution >= 4 is 11.6 Å². The minimum atomic E-state index is 0.123. The van der Waals surface area contributed by atoms with Gasteiger partial charge in [-0.3, -0.25) is 0 Å². The third-order valence-corrected chi connectivity index (χ3v) is 5.19. The van der Waals surface area contributed by atoms with E-state index in [9.17, 15) is 0 Å². The van der Waals surface area contributed by atoms with Crippen molar-refractivity contribution in [1.82, 2.24) is 15.0 Å². The maximum atomic E-state index is 5.25. The van der Waals surface area contributed by atoms with Crippen LogP contribution in [-0.4, -0.2) is 28.6 Å². The van der Waals surface area contributed by atoms with Crippen molar-refractivity contribution < 1.29 is 4.74 Å². The van der Waals surface area contributed by atoms with Gasteiger partial charge in [0.25, 0.3) is 0 Å². The first-order valence-electron chi connectivity index (χ1n) is 9.55. The van der Waals surface area contributed by atoms with E-state index in [2.05, 4.69) is 63.3 Å². The molecule has 0 saturated carbocycles. The summed E-state index contributed by atoms with van der Waals surface area (Å²) in [5.74, 6) is 2.75. The molecule has 0 bridgehead atoms. The Morgan fingerprint density at radius 2 is 1.89 bits per heavy atom. The van der Waals surface area contributed by atoms with Gasteiger partial charge < -0.3 is 15.0 Å². The summed E-state index contributed by atoms with van der Waals surface area (Å²) in [4.78, 5) is 15.9. The smallest absolute Gasteiger partial charge is 0.135 e. The lowest BCUT2D eigenvalue weighted by Gasteiger charge is -2.30. The van der Waals surface area contributed by atoms with Crippen molar-refractivity contribution in [3.8, 4) is 5.75 Å². The molecule has 2 aromatic heterocycles. The third kappa shape index (κ3) is 3.76. The maximum absolute atomic E-state index is 5.25. The Morgan fingerprint density at radius 3 is 2.61 bits per heavy atom. The molecule has 1 aliphatic heterocycles. The van der Waals surface area contributed by atoms with E-state index in [0.29, 0.717) is 0 Å². The zero-order chi connectivity index (χ0) is 19.5. The number of ether oxygens (including phenoxy) is 1. The van der Waals surface area contributed by atoms with Gasteiger partial charge in [-0.25, -0.2) is 15.0 Å². The molecule has 0 amide bonds. The molecular weight excluding hydrogens is 350 g/mol. The Bertz CT molecular complexity index is 940. The van der Waals surface area contributed by atoms with E-state index in [-0.39, 0.29) is 6.04 Å². The van der Waals surface area contributed by atoms with E-state index in [1.807, 2.05) is 18.3 Å². The van der Waals surface area contributed by atoms with Crippen LogP contribution >= 0.6 is 0 Å². The number of hydrogen-bond acceptors (Lipinski definition) is 6. The molecule has 6 heteroatoms. The normalized spacial score (nSPS) is 14.3. The van der Waals surface area contributed by atoms with Gasteiger partial charge in [0.05, 0.1) is 12.8 Å². The van der Waals surface area contributed by atoms with Crippen molar-refractivity contribution in [3.05, 3.63) is 71.3 Å². The minimum absolute atomic E-state index is 0.123. The van der Waals surface area contributed by atoms with Crippen molar-refractivity contribution in [2.45, 2.75) is 32.9 Å². The van der Waals surface area contributed by atoms with E-state index in [4.69, 9.17) is 4.74 Å². The summed E-state index contributed by atoms with van der Waals surface area (Å²) in [6.45, 7) is 5.86. The number of fused-ring (bicyclic) bond motifs is 1. The Labute approximate surface area is 165 Å². The number of benzene rings is 1. The molecule has 0 aliphatic carbocycles. The van der Waals surface area contributed by atoms with Crippen LogP contribution in [-0.2, 0) is 13.0 Å². The molecule has 1 N–H and O–H groups in total. The number of nitrogens with zero attached hydrogens (tertiary/aromatic N) is 4. The summed E-state index contributed by atoms with van der Waals surface area (Å²) in [6, 6.07) is 12.4. The largest absolute Gasteiger partial charge is 0.497 e. The van der Waals surface area contributed by atoms with E-state index < -0.39 is 0 Å². The van der Waals surface area contributed by atoms with Gasteiger partial charge in [-0.1, -0.05) is 18.2 Å². The van der Waals surface area contributed by atoms with Crippen LogP contribution in [0.15, 0.2) is 48.9 Å². The zero-order valence-electron chi connectivity index (χ0n) is 16.5. The van der Waals surface area contributed by atoms with Crippen LogP contribution in [0.1, 0.15) is 35.3 Å². The van der Waals surface area contributed by atoms with Gasteiger partial charge in [-0.2, -0.15) is 0 Å². The van der Waals surface area contributed by atoms with E-state index in [1.54, 1.807) is 13.4 Å². The molecule has 0 saturated heterocycles. The van der Waals surface area contributed by atoms with E-state index >= 15 is 0 Å². The first kappa shape index (κ1) is 18.2. The lowest BCUT2D eigenvalue weighted by Crippen LogP contribution is -2.32. The number of anilines is 2. The van der Waals surface area contributed by atoms with Crippen molar-refractivity contribution in [3.63, 3.8) is 0 Å². The van der Waals surface area contributed by atoms with Crippen molar-refractivity contribution in [2.75, 3.05) is 23.9 Å². The molecule has 0 spiro atoms. The molecule has 3 heterocycles. The Morgan fingerprint density at radius 1 is 1.07 bits per heavy atom. The Kier molecular flexibility index (Phi) is 5.10. The fraction of sp³-hybridized carbons (Fsp3) is 0.318.